The molecular formula is C46H57N7O15. The zero-order valence-electron chi connectivity index (χ0n) is 38.2. The fraction of sp³-hybridized carbons (Fsp3) is 0.391. The lowest BCUT2D eigenvalue weighted by Gasteiger charge is -2.24. The van der Waals surface area contributed by atoms with Gasteiger partial charge in [-0.25, -0.2) is 5.06 Å². The van der Waals surface area contributed by atoms with Gasteiger partial charge < -0.3 is 51.2 Å². The molecular weight excluding hydrogens is 891 g/mol. The number of carbonyl (C=O) groups is 10. The Morgan fingerprint density at radius 3 is 1.82 bits per heavy atom. The third-order valence-corrected chi connectivity index (χ3v) is 9.75. The Kier molecular flexibility index (Phi) is 22.1. The summed E-state index contributed by atoms with van der Waals surface area (Å²) < 4.78 is 15.2. The largest absolute Gasteiger partial charge is 0.504 e. The van der Waals surface area contributed by atoms with Crippen LogP contribution < -0.4 is 41.2 Å². The third-order valence-electron chi connectivity index (χ3n) is 9.75. The van der Waals surface area contributed by atoms with E-state index in [0.29, 0.717) is 23.5 Å². The molecule has 0 bridgehead atoms. The summed E-state index contributed by atoms with van der Waals surface area (Å²) in [6.07, 6.45) is 0.111. The number of rotatable bonds is 26. The number of phenolic OH excluding ortho intramolecular Hbond substituents is 1. The number of unbranched alkanes of at least 4 members (excludes halogenated alkanes) is 1. The summed E-state index contributed by atoms with van der Waals surface area (Å²) >= 11 is 0. The van der Waals surface area contributed by atoms with Crippen LogP contribution in [-0.2, 0) is 38.4 Å². The number of primary amides is 1. The first-order valence-corrected chi connectivity index (χ1v) is 21.5. The Morgan fingerprint density at radius 1 is 0.632 bits per heavy atom. The SMILES string of the molecule is CC(=O)Oc1cccc(C(=O)NCCCN(CCCCNC(=O)c2cccc(OC(C)=O)c2OC(C)=O)C(=O)CCC(=O)N[C@@H](CCCN(O)C(C)=O)C(=O)N[C@@H](C(N)=O)c2ccccc2)c1O. The topological polar surface area (TPSA) is 319 Å². The number of aromatic hydroxyl groups is 1. The molecule has 366 valence electrons. The highest BCUT2D eigenvalue weighted by Crippen LogP contribution is 2.32. The third kappa shape index (κ3) is 18.2. The molecule has 2 atom stereocenters. The summed E-state index contributed by atoms with van der Waals surface area (Å²) in [7, 11) is 0. The number of nitrogens with two attached hydrogens (primary N) is 1. The maximum Gasteiger partial charge on any atom is 0.308 e. The molecule has 0 fully saturated rings. The fourth-order valence-electron chi connectivity index (χ4n) is 6.50. The average Bonchev–Trinajstić information content (AvgIpc) is 3.28. The predicted octanol–water partition coefficient (Wildman–Crippen LogP) is 1.95. The van der Waals surface area contributed by atoms with Gasteiger partial charge in [-0.3, -0.25) is 53.2 Å². The van der Waals surface area contributed by atoms with Gasteiger partial charge in [-0.2, -0.15) is 0 Å². The molecule has 0 aliphatic carbocycles. The van der Waals surface area contributed by atoms with E-state index in [0.717, 1.165) is 27.7 Å². The van der Waals surface area contributed by atoms with Crippen molar-refractivity contribution in [1.29, 1.82) is 0 Å². The highest BCUT2D eigenvalue weighted by molar-refractivity contribution is 5.99. The average molecular weight is 948 g/mol. The van der Waals surface area contributed by atoms with E-state index in [1.807, 2.05) is 0 Å². The number of carbonyl (C=O) groups excluding carboxylic acids is 10. The molecule has 0 aliphatic heterocycles. The van der Waals surface area contributed by atoms with Gasteiger partial charge in [0.2, 0.25) is 29.5 Å². The number of hydrogen-bond donors (Lipinski definition) is 7. The van der Waals surface area contributed by atoms with E-state index < -0.39 is 83.5 Å². The number of hydroxylamine groups is 2. The molecule has 7 amide bonds. The lowest BCUT2D eigenvalue weighted by molar-refractivity contribution is -0.163. The standard InChI is InChI=1S/C46H57N7O15/c1-28(54)53(65)27-12-18-35(46(64)51-40(43(47)61)32-14-6-5-7-15-32)50-38(58)21-22-39(59)52(26-13-24-49-44(62)33-16-10-19-36(41(33)60)66-29(2)55)25-9-8-23-48-45(63)34-17-11-20-37(67-30(3)56)42(34)68-31(4)57/h5-7,10-11,14-17,19-20,35,40,60,65H,8-9,12-13,18,21-27H2,1-4H3,(H2,47,61)(H,48,63)(H,49,62)(H,50,58)(H,51,64)/t35-,40+/m0/s1. The van der Waals surface area contributed by atoms with E-state index in [-0.39, 0.29) is 86.8 Å². The molecule has 68 heavy (non-hydrogen) atoms. The number of hydrogen-bond acceptors (Lipinski definition) is 15. The van der Waals surface area contributed by atoms with E-state index >= 15 is 0 Å². The number of phenols is 1. The molecule has 0 aromatic heterocycles. The fourth-order valence-corrected chi connectivity index (χ4v) is 6.50. The lowest BCUT2D eigenvalue weighted by atomic mass is 10.0. The number of nitrogens with one attached hydrogen (secondary N) is 4. The highest BCUT2D eigenvalue weighted by atomic mass is 16.6. The van der Waals surface area contributed by atoms with Crippen LogP contribution in [0.2, 0.25) is 0 Å². The number of esters is 3. The summed E-state index contributed by atoms with van der Waals surface area (Å²) in [6.45, 7) is 4.68. The van der Waals surface area contributed by atoms with Gasteiger partial charge in [0.15, 0.2) is 23.0 Å². The van der Waals surface area contributed by atoms with Gasteiger partial charge in [-0.1, -0.05) is 42.5 Å². The quantitative estimate of drug-likeness (QED) is 0.0199. The van der Waals surface area contributed by atoms with Crippen molar-refractivity contribution in [2.24, 2.45) is 5.73 Å². The van der Waals surface area contributed by atoms with Crippen molar-refractivity contribution < 1.29 is 72.5 Å². The van der Waals surface area contributed by atoms with Gasteiger partial charge in [0.05, 0.1) is 11.1 Å². The van der Waals surface area contributed by atoms with Gasteiger partial charge in [-0.15, -0.1) is 0 Å². The van der Waals surface area contributed by atoms with E-state index in [9.17, 15) is 58.3 Å². The van der Waals surface area contributed by atoms with Gasteiger partial charge >= 0.3 is 17.9 Å². The first-order valence-electron chi connectivity index (χ1n) is 21.5. The Hall–Kier alpha value is -7.88. The maximum absolute atomic E-state index is 13.7. The smallest absolute Gasteiger partial charge is 0.308 e. The van der Waals surface area contributed by atoms with Crippen molar-refractivity contribution in [2.75, 3.05) is 32.7 Å². The summed E-state index contributed by atoms with van der Waals surface area (Å²) in [4.78, 5) is 127. The van der Waals surface area contributed by atoms with Gasteiger partial charge in [0.1, 0.15) is 12.1 Å². The van der Waals surface area contributed by atoms with Crippen LogP contribution in [0.25, 0.3) is 0 Å². The zero-order chi connectivity index (χ0) is 50.3. The van der Waals surface area contributed by atoms with E-state index in [1.54, 1.807) is 30.3 Å². The number of ether oxygens (including phenoxy) is 3. The predicted molar refractivity (Wildman–Crippen MR) is 240 cm³/mol. The number of benzene rings is 3. The van der Waals surface area contributed by atoms with Crippen molar-refractivity contribution >= 4 is 59.3 Å². The van der Waals surface area contributed by atoms with Crippen LogP contribution in [0, 0.1) is 0 Å². The van der Waals surface area contributed by atoms with Crippen LogP contribution in [0.15, 0.2) is 66.7 Å². The molecule has 3 aromatic rings. The molecule has 0 saturated carbocycles. The molecule has 0 saturated heterocycles. The highest BCUT2D eigenvalue weighted by Gasteiger charge is 2.28. The minimum atomic E-state index is -1.28. The van der Waals surface area contributed by atoms with Crippen molar-refractivity contribution in [3.8, 4) is 23.0 Å². The van der Waals surface area contributed by atoms with Crippen LogP contribution >= 0.6 is 0 Å². The molecule has 0 unspecified atom stereocenters. The Labute approximate surface area is 391 Å². The molecule has 0 aliphatic rings. The van der Waals surface area contributed by atoms with Gasteiger partial charge in [0, 0.05) is 73.3 Å². The number of nitrogens with zero attached hydrogens (tertiary/aromatic N) is 2. The van der Waals surface area contributed by atoms with Gasteiger partial charge in [0.25, 0.3) is 11.8 Å². The molecule has 8 N–H and O–H groups in total. The minimum Gasteiger partial charge on any atom is -0.504 e. The van der Waals surface area contributed by atoms with Crippen LogP contribution in [0.3, 0.4) is 0 Å². The second-order valence-electron chi connectivity index (χ2n) is 15.2. The molecule has 0 heterocycles. The van der Waals surface area contributed by atoms with Crippen molar-refractivity contribution in [1.82, 2.24) is 31.2 Å². The monoisotopic (exact) mass is 947 g/mol. The Balaban J connectivity index is 1.71. The normalized spacial score (nSPS) is 11.4. The molecule has 22 nitrogen and oxygen atoms in total. The molecule has 3 aromatic carbocycles. The van der Waals surface area contributed by atoms with Crippen molar-refractivity contribution in [3.63, 3.8) is 0 Å². The summed E-state index contributed by atoms with van der Waals surface area (Å²) in [5.74, 6) is -8.10. The van der Waals surface area contributed by atoms with Crippen LogP contribution in [0.1, 0.15) is 105 Å². The lowest BCUT2D eigenvalue weighted by Crippen LogP contribution is -2.50. The Morgan fingerprint density at radius 2 is 1.21 bits per heavy atom. The minimum absolute atomic E-state index is 0.0223. The van der Waals surface area contributed by atoms with E-state index in [1.165, 1.54) is 41.3 Å². The van der Waals surface area contributed by atoms with Crippen molar-refractivity contribution in [3.05, 3.63) is 83.4 Å². The number of para-hydroxylation sites is 2. The summed E-state index contributed by atoms with van der Waals surface area (Å²) in [6, 6.07) is 13.8. The molecule has 22 heteroatoms. The van der Waals surface area contributed by atoms with Gasteiger partial charge in [-0.05, 0) is 61.9 Å². The zero-order valence-corrected chi connectivity index (χ0v) is 38.2. The van der Waals surface area contributed by atoms with Crippen LogP contribution in [0.4, 0.5) is 0 Å². The summed E-state index contributed by atoms with van der Waals surface area (Å²) in [5.41, 5.74) is 5.74. The Bertz CT molecular complexity index is 2310. The first kappa shape index (κ1) is 54.5. The van der Waals surface area contributed by atoms with E-state index in [4.69, 9.17) is 19.9 Å². The van der Waals surface area contributed by atoms with E-state index in [2.05, 4.69) is 21.3 Å². The second kappa shape index (κ2) is 27.6. The first-order chi connectivity index (χ1) is 32.3. The molecule has 0 spiro atoms. The molecule has 3 rings (SSSR count). The maximum atomic E-state index is 13.7. The van der Waals surface area contributed by atoms with Crippen LogP contribution in [0.5, 0.6) is 23.0 Å². The summed E-state index contributed by atoms with van der Waals surface area (Å²) in [5, 5.41) is 31.2. The number of amides is 7. The second-order valence-corrected chi connectivity index (χ2v) is 15.2. The van der Waals surface area contributed by atoms with Crippen molar-refractivity contribution in [2.45, 2.75) is 84.7 Å². The van der Waals surface area contributed by atoms with Crippen LogP contribution in [-0.4, -0.2) is 118 Å². The molecule has 0 radical (unpaired) electrons.